The van der Waals surface area contributed by atoms with Gasteiger partial charge in [-0.2, -0.15) is 0 Å². The van der Waals surface area contributed by atoms with E-state index in [1.54, 1.807) is 0 Å². The minimum Gasteiger partial charge on any atom is -0.395 e. The zero-order valence-corrected chi connectivity index (χ0v) is 7.20. The molecular weight excluding hydrogens is 154 g/mol. The molecule has 2 heterocycles. The molecule has 2 atom stereocenters. The Kier molecular flexibility index (Phi) is 2.15. The molecule has 1 aliphatic carbocycles. The van der Waals surface area contributed by atoms with E-state index in [2.05, 4.69) is 4.90 Å². The Morgan fingerprint density at radius 3 is 2.83 bits per heavy atom. The summed E-state index contributed by atoms with van der Waals surface area (Å²) >= 11 is 0. The van der Waals surface area contributed by atoms with Gasteiger partial charge >= 0.3 is 0 Å². The summed E-state index contributed by atoms with van der Waals surface area (Å²) in [5.41, 5.74) is 0. The van der Waals surface area contributed by atoms with Gasteiger partial charge in [-0.3, -0.25) is 9.69 Å². The summed E-state index contributed by atoms with van der Waals surface area (Å²) in [7, 11) is 0. The molecule has 3 aliphatic rings. The molecule has 1 saturated carbocycles. The van der Waals surface area contributed by atoms with Gasteiger partial charge in [0, 0.05) is 31.5 Å². The van der Waals surface area contributed by atoms with Crippen LogP contribution in [0.4, 0.5) is 0 Å². The smallest absolute Gasteiger partial charge is 0.138 e. The average molecular weight is 169 g/mol. The Labute approximate surface area is 72.4 Å². The normalized spacial score (nSPS) is 35.9. The maximum absolute atomic E-state index is 11.3. The predicted octanol–water partition coefficient (Wildman–Crippen LogP) is 0.0321. The molecule has 3 fully saturated rings. The molecule has 0 aromatic heterocycles. The van der Waals surface area contributed by atoms with Crippen molar-refractivity contribution < 1.29 is 9.90 Å². The first-order valence-electron chi connectivity index (χ1n) is 4.69. The maximum atomic E-state index is 11.3. The van der Waals surface area contributed by atoms with Crippen molar-refractivity contribution in [2.24, 2.45) is 5.92 Å². The Morgan fingerprint density at radius 1 is 1.50 bits per heavy atom. The highest BCUT2D eigenvalue weighted by atomic mass is 16.3. The summed E-state index contributed by atoms with van der Waals surface area (Å²) < 4.78 is 0. The quantitative estimate of drug-likeness (QED) is 0.634. The van der Waals surface area contributed by atoms with E-state index in [-0.39, 0.29) is 12.5 Å². The Bertz CT molecular complexity index is 193. The monoisotopic (exact) mass is 169 g/mol. The van der Waals surface area contributed by atoms with E-state index < -0.39 is 0 Å². The number of aliphatic hydroxyl groups excluding tert-OH is 1. The van der Waals surface area contributed by atoms with E-state index in [4.69, 9.17) is 5.11 Å². The SMILES string of the molecule is O=C1CC2CCC1CN2CCO. The number of nitrogens with zero attached hydrogens (tertiary/aromatic N) is 1. The number of hydrogen-bond donors (Lipinski definition) is 1. The van der Waals surface area contributed by atoms with Crippen molar-refractivity contribution in [2.45, 2.75) is 25.3 Å². The minimum atomic E-state index is 0.220. The average Bonchev–Trinajstić information content (AvgIpc) is 2.07. The molecule has 0 aromatic rings. The molecule has 2 bridgehead atoms. The molecule has 68 valence electrons. The molecule has 2 unspecified atom stereocenters. The zero-order valence-electron chi connectivity index (χ0n) is 7.20. The number of rotatable bonds is 2. The van der Waals surface area contributed by atoms with Crippen LogP contribution in [0.1, 0.15) is 19.3 Å². The van der Waals surface area contributed by atoms with Crippen molar-refractivity contribution in [2.75, 3.05) is 19.7 Å². The third kappa shape index (κ3) is 1.27. The van der Waals surface area contributed by atoms with Gasteiger partial charge in [0.2, 0.25) is 0 Å². The van der Waals surface area contributed by atoms with Crippen molar-refractivity contribution in [1.82, 2.24) is 4.90 Å². The van der Waals surface area contributed by atoms with Crippen LogP contribution < -0.4 is 0 Å². The second-order valence-corrected chi connectivity index (χ2v) is 3.82. The lowest BCUT2D eigenvalue weighted by Crippen LogP contribution is -2.53. The number of piperidine rings is 2. The number of hydrogen-bond acceptors (Lipinski definition) is 3. The molecule has 0 aromatic carbocycles. The van der Waals surface area contributed by atoms with Crippen molar-refractivity contribution in [3.63, 3.8) is 0 Å². The fraction of sp³-hybridized carbons (Fsp3) is 0.889. The fourth-order valence-corrected chi connectivity index (χ4v) is 2.39. The van der Waals surface area contributed by atoms with E-state index in [9.17, 15) is 4.79 Å². The largest absolute Gasteiger partial charge is 0.395 e. The number of aliphatic hydroxyl groups is 1. The van der Waals surface area contributed by atoms with Gasteiger partial charge in [-0.1, -0.05) is 0 Å². The van der Waals surface area contributed by atoms with Crippen molar-refractivity contribution in [3.05, 3.63) is 0 Å². The molecule has 0 spiro atoms. The van der Waals surface area contributed by atoms with Crippen LogP contribution in [-0.2, 0) is 4.79 Å². The molecule has 3 heteroatoms. The third-order valence-corrected chi connectivity index (χ3v) is 3.10. The van der Waals surface area contributed by atoms with E-state index in [0.29, 0.717) is 11.8 Å². The molecular formula is C9H15NO2. The maximum Gasteiger partial charge on any atom is 0.138 e. The summed E-state index contributed by atoms with van der Waals surface area (Å²) in [4.78, 5) is 13.6. The lowest BCUT2D eigenvalue weighted by Gasteiger charge is -2.44. The van der Waals surface area contributed by atoms with Crippen LogP contribution in [0.5, 0.6) is 0 Å². The highest BCUT2D eigenvalue weighted by molar-refractivity contribution is 5.83. The van der Waals surface area contributed by atoms with Gasteiger partial charge < -0.3 is 5.11 Å². The molecule has 0 radical (unpaired) electrons. The van der Waals surface area contributed by atoms with Gasteiger partial charge in [-0.25, -0.2) is 0 Å². The summed E-state index contributed by atoms with van der Waals surface area (Å²) in [5, 5.41) is 8.79. The molecule has 3 nitrogen and oxygen atoms in total. The van der Waals surface area contributed by atoms with E-state index in [0.717, 1.165) is 32.4 Å². The Morgan fingerprint density at radius 2 is 2.33 bits per heavy atom. The van der Waals surface area contributed by atoms with E-state index in [1.807, 2.05) is 0 Å². The Hall–Kier alpha value is -0.410. The van der Waals surface area contributed by atoms with Gasteiger partial charge in [0.25, 0.3) is 0 Å². The summed E-state index contributed by atoms with van der Waals surface area (Å²) in [6.07, 6.45) is 2.95. The van der Waals surface area contributed by atoms with Crippen molar-refractivity contribution in [1.29, 1.82) is 0 Å². The van der Waals surface area contributed by atoms with E-state index >= 15 is 0 Å². The number of carbonyl (C=O) groups excluding carboxylic acids is 1. The minimum absolute atomic E-state index is 0.220. The summed E-state index contributed by atoms with van der Waals surface area (Å²) in [5.74, 6) is 0.724. The third-order valence-electron chi connectivity index (χ3n) is 3.10. The molecule has 12 heavy (non-hydrogen) atoms. The van der Waals surface area contributed by atoms with Crippen molar-refractivity contribution in [3.8, 4) is 0 Å². The van der Waals surface area contributed by atoms with Crippen molar-refractivity contribution >= 4 is 5.78 Å². The van der Waals surface area contributed by atoms with Crippen LogP contribution >= 0.6 is 0 Å². The fourth-order valence-electron chi connectivity index (χ4n) is 2.39. The number of carbonyl (C=O) groups is 1. The highest BCUT2D eigenvalue weighted by Gasteiger charge is 2.38. The van der Waals surface area contributed by atoms with Crippen LogP contribution in [0.2, 0.25) is 0 Å². The topological polar surface area (TPSA) is 40.5 Å². The van der Waals surface area contributed by atoms with Crippen LogP contribution in [-0.4, -0.2) is 41.5 Å². The first-order valence-corrected chi connectivity index (χ1v) is 4.69. The van der Waals surface area contributed by atoms with Gasteiger partial charge in [-0.05, 0) is 12.8 Å². The van der Waals surface area contributed by atoms with Gasteiger partial charge in [0.1, 0.15) is 5.78 Å². The van der Waals surface area contributed by atoms with Crippen LogP contribution in [0.15, 0.2) is 0 Å². The highest BCUT2D eigenvalue weighted by Crippen LogP contribution is 2.31. The van der Waals surface area contributed by atoms with Crippen LogP contribution in [0.25, 0.3) is 0 Å². The standard InChI is InChI=1S/C9H15NO2/c11-4-3-10-6-7-1-2-8(10)5-9(7)12/h7-8,11H,1-6H2. The lowest BCUT2D eigenvalue weighted by molar-refractivity contribution is -0.132. The second kappa shape index (κ2) is 3.15. The van der Waals surface area contributed by atoms with Gasteiger partial charge in [0.05, 0.1) is 6.61 Å². The number of Topliss-reactive ketones (excluding diaryl/α,β-unsaturated/α-hetero) is 1. The zero-order chi connectivity index (χ0) is 8.55. The van der Waals surface area contributed by atoms with Crippen LogP contribution in [0, 0.1) is 5.92 Å². The Balaban J connectivity index is 2.00. The molecule has 1 N–H and O–H groups in total. The number of ketones is 1. The summed E-state index contributed by atoms with van der Waals surface area (Å²) in [6, 6.07) is 0.439. The second-order valence-electron chi connectivity index (χ2n) is 3.82. The predicted molar refractivity (Wildman–Crippen MR) is 44.8 cm³/mol. The van der Waals surface area contributed by atoms with Crippen LogP contribution in [0.3, 0.4) is 0 Å². The molecule has 0 amide bonds. The first kappa shape index (κ1) is 8.20. The van der Waals surface area contributed by atoms with E-state index in [1.165, 1.54) is 0 Å². The molecule has 2 aliphatic heterocycles. The molecule has 3 rings (SSSR count). The lowest BCUT2D eigenvalue weighted by atomic mass is 9.79. The summed E-state index contributed by atoms with van der Waals surface area (Å²) in [6.45, 7) is 1.86. The number of fused-ring (bicyclic) bond motifs is 3. The molecule has 2 saturated heterocycles. The van der Waals surface area contributed by atoms with Gasteiger partial charge in [0.15, 0.2) is 0 Å². The van der Waals surface area contributed by atoms with Gasteiger partial charge in [-0.15, -0.1) is 0 Å². The first-order chi connectivity index (χ1) is 5.81.